The van der Waals surface area contributed by atoms with Gasteiger partial charge in [-0.3, -0.25) is 14.6 Å². The van der Waals surface area contributed by atoms with E-state index in [9.17, 15) is 9.59 Å². The van der Waals surface area contributed by atoms with E-state index in [4.69, 9.17) is 9.47 Å². The van der Waals surface area contributed by atoms with Gasteiger partial charge >= 0.3 is 0 Å². The molecule has 0 aliphatic heterocycles. The number of carbonyl (C=O) groups is 2. The Morgan fingerprint density at radius 3 is 1.92 bits per heavy atom. The first-order chi connectivity index (χ1) is 11.5. The molecule has 7 heteroatoms. The fourth-order valence-corrected chi connectivity index (χ4v) is 2.09. The number of nitrogens with one attached hydrogen (secondary N) is 2. The maximum absolute atomic E-state index is 12.0. The van der Waals surface area contributed by atoms with Crippen LogP contribution >= 0.6 is 0 Å². The fourth-order valence-electron chi connectivity index (χ4n) is 2.09. The molecule has 2 rings (SSSR count). The summed E-state index contributed by atoms with van der Waals surface area (Å²) < 4.78 is 10.0. The average molecular weight is 331 g/mol. The summed E-state index contributed by atoms with van der Waals surface area (Å²) in [6, 6.07) is 5.23. The second kappa shape index (κ2) is 7.85. The molecule has 0 aliphatic carbocycles. The van der Waals surface area contributed by atoms with Gasteiger partial charge in [-0.05, 0) is 32.0 Å². The quantitative estimate of drug-likeness (QED) is 0.847. The molecule has 0 radical (unpaired) electrons. The third-order valence-electron chi connectivity index (χ3n) is 3.78. The molecule has 1 aromatic carbocycles. The Kier molecular flexibility index (Phi) is 5.83. The number of pyridine rings is 1. The Balaban J connectivity index is 2.36. The molecule has 0 bridgehead atoms. The Hall–Kier alpha value is -2.51. The van der Waals surface area contributed by atoms with E-state index in [0.717, 1.165) is 10.8 Å². The lowest BCUT2D eigenvalue weighted by Gasteiger charge is -2.16. The highest BCUT2D eigenvalue weighted by Gasteiger charge is 2.16. The van der Waals surface area contributed by atoms with Crippen LogP contribution in [-0.4, -0.2) is 43.2 Å². The zero-order chi connectivity index (χ0) is 17.7. The van der Waals surface area contributed by atoms with Crippen LogP contribution in [0, 0.1) is 0 Å². The molecule has 24 heavy (non-hydrogen) atoms. The van der Waals surface area contributed by atoms with Gasteiger partial charge in [0, 0.05) is 43.1 Å². The van der Waals surface area contributed by atoms with E-state index in [1.54, 1.807) is 44.4 Å². The SMILES string of the molecule is CO[C@@H](C)C(=O)Nc1ccc(NC(=O)[C@@H](C)OC)c2ccncc12. The Labute approximate surface area is 140 Å². The van der Waals surface area contributed by atoms with Crippen LogP contribution in [0.5, 0.6) is 0 Å². The summed E-state index contributed by atoms with van der Waals surface area (Å²) in [5.74, 6) is -0.507. The van der Waals surface area contributed by atoms with Crippen molar-refractivity contribution in [1.29, 1.82) is 0 Å². The zero-order valence-electron chi connectivity index (χ0n) is 14.1. The maximum Gasteiger partial charge on any atom is 0.253 e. The van der Waals surface area contributed by atoms with E-state index >= 15 is 0 Å². The molecule has 0 unspecified atom stereocenters. The largest absolute Gasteiger partial charge is 0.372 e. The van der Waals surface area contributed by atoms with Crippen molar-refractivity contribution >= 4 is 34.0 Å². The smallest absolute Gasteiger partial charge is 0.253 e. The zero-order valence-corrected chi connectivity index (χ0v) is 14.1. The van der Waals surface area contributed by atoms with Crippen LogP contribution in [0.25, 0.3) is 10.8 Å². The van der Waals surface area contributed by atoms with Crippen molar-refractivity contribution in [3.8, 4) is 0 Å². The molecule has 0 aliphatic rings. The molecule has 2 amide bonds. The number of benzene rings is 1. The molecule has 0 saturated heterocycles. The van der Waals surface area contributed by atoms with Crippen LogP contribution < -0.4 is 10.6 Å². The molecule has 2 N–H and O–H groups in total. The van der Waals surface area contributed by atoms with Crippen LogP contribution in [0.2, 0.25) is 0 Å². The number of fused-ring (bicyclic) bond motifs is 1. The number of carbonyl (C=O) groups excluding carboxylic acids is 2. The number of anilines is 2. The van der Waals surface area contributed by atoms with Gasteiger partial charge in [0.2, 0.25) is 0 Å². The predicted octanol–water partition coefficient (Wildman–Crippen LogP) is 2.18. The van der Waals surface area contributed by atoms with Gasteiger partial charge in [-0.15, -0.1) is 0 Å². The van der Waals surface area contributed by atoms with Gasteiger partial charge < -0.3 is 20.1 Å². The lowest BCUT2D eigenvalue weighted by Crippen LogP contribution is -2.27. The molecular weight excluding hydrogens is 310 g/mol. The third kappa shape index (κ3) is 3.87. The first-order valence-corrected chi connectivity index (χ1v) is 7.52. The van der Waals surface area contributed by atoms with Crippen LogP contribution in [-0.2, 0) is 19.1 Å². The number of aromatic nitrogens is 1. The minimum absolute atomic E-state index is 0.250. The van der Waals surface area contributed by atoms with Crippen molar-refractivity contribution in [2.75, 3.05) is 24.9 Å². The Bertz CT molecular complexity index is 685. The molecule has 0 spiro atoms. The van der Waals surface area contributed by atoms with E-state index in [2.05, 4.69) is 15.6 Å². The van der Waals surface area contributed by atoms with E-state index in [-0.39, 0.29) is 11.8 Å². The number of hydrogen-bond acceptors (Lipinski definition) is 5. The molecule has 1 heterocycles. The Morgan fingerprint density at radius 2 is 1.42 bits per heavy atom. The topological polar surface area (TPSA) is 89.6 Å². The molecule has 7 nitrogen and oxygen atoms in total. The summed E-state index contributed by atoms with van der Waals surface area (Å²) in [5, 5.41) is 7.12. The van der Waals surface area contributed by atoms with Gasteiger partial charge in [-0.1, -0.05) is 0 Å². The first kappa shape index (κ1) is 17.8. The molecule has 0 fully saturated rings. The average Bonchev–Trinajstić information content (AvgIpc) is 2.61. The van der Waals surface area contributed by atoms with Gasteiger partial charge in [0.15, 0.2) is 0 Å². The second-order valence-electron chi connectivity index (χ2n) is 5.32. The van der Waals surface area contributed by atoms with Gasteiger partial charge in [0.05, 0.1) is 5.69 Å². The highest BCUT2D eigenvalue weighted by Crippen LogP contribution is 2.29. The summed E-state index contributed by atoms with van der Waals surface area (Å²) in [5.41, 5.74) is 1.23. The van der Waals surface area contributed by atoms with Crippen molar-refractivity contribution in [1.82, 2.24) is 4.98 Å². The van der Waals surface area contributed by atoms with Crippen molar-refractivity contribution in [2.45, 2.75) is 26.1 Å². The lowest BCUT2D eigenvalue weighted by molar-refractivity contribution is -0.125. The van der Waals surface area contributed by atoms with E-state index in [0.29, 0.717) is 11.4 Å². The summed E-state index contributed by atoms with van der Waals surface area (Å²) >= 11 is 0. The highest BCUT2D eigenvalue weighted by atomic mass is 16.5. The number of ether oxygens (including phenoxy) is 2. The molecule has 2 atom stereocenters. The van der Waals surface area contributed by atoms with Crippen molar-refractivity contribution < 1.29 is 19.1 Å². The van der Waals surface area contributed by atoms with Crippen molar-refractivity contribution in [3.63, 3.8) is 0 Å². The Morgan fingerprint density at radius 1 is 0.917 bits per heavy atom. The van der Waals surface area contributed by atoms with Gasteiger partial charge in [-0.2, -0.15) is 0 Å². The van der Waals surface area contributed by atoms with Crippen molar-refractivity contribution in [3.05, 3.63) is 30.6 Å². The maximum atomic E-state index is 12.0. The van der Waals surface area contributed by atoms with Gasteiger partial charge in [-0.25, -0.2) is 0 Å². The van der Waals surface area contributed by atoms with Gasteiger partial charge in [0.1, 0.15) is 12.2 Å². The summed E-state index contributed by atoms with van der Waals surface area (Å²) in [6.45, 7) is 3.33. The summed E-state index contributed by atoms with van der Waals surface area (Å²) in [7, 11) is 2.95. The van der Waals surface area contributed by atoms with E-state index in [1.807, 2.05) is 0 Å². The first-order valence-electron chi connectivity index (χ1n) is 7.52. The fraction of sp³-hybridized carbons (Fsp3) is 0.353. The number of rotatable bonds is 6. The predicted molar refractivity (Wildman–Crippen MR) is 91.9 cm³/mol. The standard InChI is InChI=1S/C17H21N3O4/c1-10(23-3)16(21)19-14-5-6-15(20-17(22)11(2)24-4)13-9-18-8-7-12(13)14/h5-11H,1-4H3,(H,19,21)(H,20,22)/t10-,11+/m1/s1. The van der Waals surface area contributed by atoms with Crippen LogP contribution in [0.15, 0.2) is 30.6 Å². The number of hydrogen-bond donors (Lipinski definition) is 2. The van der Waals surface area contributed by atoms with Crippen LogP contribution in [0.4, 0.5) is 11.4 Å². The molecule has 2 aromatic rings. The molecule has 0 saturated carbocycles. The highest BCUT2D eigenvalue weighted by molar-refractivity contribution is 6.10. The minimum Gasteiger partial charge on any atom is -0.372 e. The lowest BCUT2D eigenvalue weighted by atomic mass is 10.1. The van der Waals surface area contributed by atoms with E-state index < -0.39 is 12.2 Å². The van der Waals surface area contributed by atoms with E-state index in [1.165, 1.54) is 14.2 Å². The number of methoxy groups -OCH3 is 2. The monoisotopic (exact) mass is 331 g/mol. The molecule has 128 valence electrons. The second-order valence-corrected chi connectivity index (χ2v) is 5.32. The molecular formula is C17H21N3O4. The minimum atomic E-state index is -0.571. The number of amides is 2. The number of nitrogens with zero attached hydrogens (tertiary/aromatic N) is 1. The molecule has 1 aromatic heterocycles. The normalized spacial score (nSPS) is 13.3. The summed E-state index contributed by atoms with van der Waals surface area (Å²) in [6.07, 6.45) is 2.13. The third-order valence-corrected chi connectivity index (χ3v) is 3.78. The van der Waals surface area contributed by atoms with Crippen LogP contribution in [0.1, 0.15) is 13.8 Å². The van der Waals surface area contributed by atoms with Crippen LogP contribution in [0.3, 0.4) is 0 Å². The van der Waals surface area contributed by atoms with Crippen molar-refractivity contribution in [2.24, 2.45) is 0 Å². The summed E-state index contributed by atoms with van der Waals surface area (Å²) in [4.78, 5) is 28.2. The van der Waals surface area contributed by atoms with Gasteiger partial charge in [0.25, 0.3) is 11.8 Å².